The highest BCUT2D eigenvalue weighted by Gasteiger charge is 2.29. The Bertz CT molecular complexity index is 1660. The summed E-state index contributed by atoms with van der Waals surface area (Å²) in [4.78, 5) is 26.9. The van der Waals surface area contributed by atoms with Crippen LogP contribution >= 0.6 is 0 Å². The molecule has 0 saturated carbocycles. The van der Waals surface area contributed by atoms with Crippen molar-refractivity contribution in [1.29, 1.82) is 0 Å². The molecular weight excluding hydrogens is 507 g/mol. The van der Waals surface area contributed by atoms with Gasteiger partial charge in [-0.3, -0.25) is 9.59 Å². The number of aromatic hydroxyl groups is 1. The van der Waals surface area contributed by atoms with Gasteiger partial charge in [-0.25, -0.2) is 4.39 Å². The van der Waals surface area contributed by atoms with Crippen molar-refractivity contribution in [3.63, 3.8) is 0 Å². The molecule has 1 saturated heterocycles. The number of anilines is 2. The number of halogens is 1. The van der Waals surface area contributed by atoms with Crippen LogP contribution in [0, 0.1) is 25.1 Å². The van der Waals surface area contributed by atoms with E-state index in [9.17, 15) is 14.7 Å². The van der Waals surface area contributed by atoms with Gasteiger partial charge in [-0.2, -0.15) is 0 Å². The minimum atomic E-state index is -0.470. The zero-order valence-corrected chi connectivity index (χ0v) is 23.6. The lowest BCUT2D eigenvalue weighted by molar-refractivity contribution is 0.112. The van der Waals surface area contributed by atoms with Crippen LogP contribution in [0.25, 0.3) is 22.1 Å². The number of carbonyl (C=O) groups is 1. The van der Waals surface area contributed by atoms with Crippen molar-refractivity contribution in [2.75, 3.05) is 23.3 Å². The van der Waals surface area contributed by atoms with E-state index in [1.54, 1.807) is 18.2 Å². The first-order chi connectivity index (χ1) is 19.0. The van der Waals surface area contributed by atoms with Crippen LogP contribution in [0.4, 0.5) is 16.0 Å². The number of phenolic OH excluding ortho intramolecular Hbond substituents is 1. The van der Waals surface area contributed by atoms with E-state index in [2.05, 4.69) is 24.1 Å². The Hall–Kier alpha value is -4.13. The van der Waals surface area contributed by atoms with Crippen molar-refractivity contribution in [1.82, 2.24) is 0 Å². The van der Waals surface area contributed by atoms with E-state index < -0.39 is 5.82 Å². The summed E-state index contributed by atoms with van der Waals surface area (Å²) in [5.41, 5.74) is 4.40. The summed E-state index contributed by atoms with van der Waals surface area (Å²) in [6, 6.07) is 12.7. The smallest absolute Gasteiger partial charge is 0.202 e. The number of rotatable bonds is 6. The SMILES string of the molecule is Cc1cc([C@H](C)Nc2cccc(F)c2-c2ccc(C=O)c(O)c2)c2oc(N3CCC(C)(C)CC3)c(C)c(=O)c2c1. The Kier molecular flexibility index (Phi) is 7.17. The molecule has 0 radical (unpaired) electrons. The third-order valence-corrected chi connectivity index (χ3v) is 8.07. The first-order valence-corrected chi connectivity index (χ1v) is 13.7. The zero-order valence-electron chi connectivity index (χ0n) is 23.6. The molecule has 208 valence electrons. The van der Waals surface area contributed by atoms with E-state index in [0.29, 0.717) is 40.0 Å². The Morgan fingerprint density at radius 1 is 1.10 bits per heavy atom. The van der Waals surface area contributed by atoms with Crippen molar-refractivity contribution < 1.29 is 18.7 Å². The van der Waals surface area contributed by atoms with Crippen LogP contribution in [0.5, 0.6) is 5.75 Å². The molecule has 0 aliphatic carbocycles. The molecule has 6 nitrogen and oxygen atoms in total. The third-order valence-electron chi connectivity index (χ3n) is 8.07. The lowest BCUT2D eigenvalue weighted by Crippen LogP contribution is -2.38. The quantitative estimate of drug-likeness (QED) is 0.245. The Morgan fingerprint density at radius 2 is 1.82 bits per heavy atom. The van der Waals surface area contributed by atoms with Crippen molar-refractivity contribution in [2.24, 2.45) is 5.41 Å². The average Bonchev–Trinajstić information content (AvgIpc) is 2.91. The number of fused-ring (bicyclic) bond motifs is 1. The molecule has 4 aromatic rings. The number of aldehydes is 1. The number of hydrogen-bond donors (Lipinski definition) is 2. The van der Waals surface area contributed by atoms with Crippen LogP contribution in [0.1, 0.15) is 66.7 Å². The molecule has 0 amide bonds. The highest BCUT2D eigenvalue weighted by molar-refractivity contribution is 5.86. The third kappa shape index (κ3) is 5.08. The number of carbonyl (C=O) groups excluding carboxylic acids is 1. The summed E-state index contributed by atoms with van der Waals surface area (Å²) in [5.74, 6) is -0.0743. The normalized spacial score (nSPS) is 15.7. The predicted molar refractivity (Wildman–Crippen MR) is 158 cm³/mol. The summed E-state index contributed by atoms with van der Waals surface area (Å²) in [6.45, 7) is 11.9. The van der Waals surface area contributed by atoms with E-state index in [4.69, 9.17) is 4.42 Å². The average molecular weight is 543 g/mol. The second-order valence-corrected chi connectivity index (χ2v) is 11.7. The highest BCUT2D eigenvalue weighted by Crippen LogP contribution is 2.38. The first kappa shape index (κ1) is 27.4. The molecule has 2 heterocycles. The molecule has 1 aliphatic rings. The predicted octanol–water partition coefficient (Wildman–Crippen LogP) is 7.53. The highest BCUT2D eigenvalue weighted by atomic mass is 19.1. The van der Waals surface area contributed by atoms with Gasteiger partial charge in [0.1, 0.15) is 17.1 Å². The van der Waals surface area contributed by atoms with Gasteiger partial charge < -0.3 is 19.7 Å². The maximum Gasteiger partial charge on any atom is 0.202 e. The van der Waals surface area contributed by atoms with Gasteiger partial charge in [0.25, 0.3) is 0 Å². The maximum atomic E-state index is 15.2. The van der Waals surface area contributed by atoms with Crippen LogP contribution in [-0.2, 0) is 0 Å². The van der Waals surface area contributed by atoms with Gasteiger partial charge in [-0.1, -0.05) is 32.0 Å². The molecule has 1 aliphatic heterocycles. The minimum Gasteiger partial charge on any atom is -0.507 e. The van der Waals surface area contributed by atoms with Crippen LogP contribution in [0.3, 0.4) is 0 Å². The maximum absolute atomic E-state index is 15.2. The molecular formula is C33H35FN2O4. The Morgan fingerprint density at radius 3 is 2.50 bits per heavy atom. The molecule has 1 fully saturated rings. The lowest BCUT2D eigenvalue weighted by Gasteiger charge is -2.37. The Balaban J connectivity index is 1.58. The summed E-state index contributed by atoms with van der Waals surface area (Å²) >= 11 is 0. The lowest BCUT2D eigenvalue weighted by atomic mass is 9.82. The molecule has 0 spiro atoms. The van der Waals surface area contributed by atoms with Gasteiger partial charge in [0, 0.05) is 29.9 Å². The second kappa shape index (κ2) is 10.5. The van der Waals surface area contributed by atoms with E-state index in [1.165, 1.54) is 18.2 Å². The van der Waals surface area contributed by atoms with Gasteiger partial charge in [0.15, 0.2) is 11.7 Å². The number of phenols is 1. The van der Waals surface area contributed by atoms with Crippen molar-refractivity contribution in [3.8, 4) is 16.9 Å². The molecule has 1 aromatic heterocycles. The van der Waals surface area contributed by atoms with Gasteiger partial charge >= 0.3 is 0 Å². The summed E-state index contributed by atoms with van der Waals surface area (Å²) in [7, 11) is 0. The fourth-order valence-electron chi connectivity index (χ4n) is 5.54. The number of benzene rings is 3. The molecule has 3 aromatic carbocycles. The molecule has 0 bridgehead atoms. The first-order valence-electron chi connectivity index (χ1n) is 13.7. The molecule has 2 N–H and O–H groups in total. The molecule has 5 rings (SSSR count). The monoisotopic (exact) mass is 542 g/mol. The van der Waals surface area contributed by atoms with E-state index in [-0.39, 0.29) is 33.8 Å². The standard InChI is InChI=1S/C33H35FN2O4/c1-19-15-24(31-25(16-19)30(39)20(2)32(40-31)36-13-11-33(4,5)12-14-36)21(3)35-27-8-6-7-26(34)29(27)22-9-10-23(18-37)28(38)17-22/h6-10,15-18,21,35,38H,11-14H2,1-5H3/t21-/m0/s1. The number of hydrogen-bond acceptors (Lipinski definition) is 6. The van der Waals surface area contributed by atoms with Crippen molar-refractivity contribution in [2.45, 2.75) is 53.5 Å². The van der Waals surface area contributed by atoms with Crippen LogP contribution in [0.15, 0.2) is 57.7 Å². The van der Waals surface area contributed by atoms with E-state index >= 15 is 4.39 Å². The second-order valence-electron chi connectivity index (χ2n) is 11.7. The number of aryl methyl sites for hydroxylation is 1. The van der Waals surface area contributed by atoms with E-state index in [1.807, 2.05) is 32.9 Å². The largest absolute Gasteiger partial charge is 0.507 e. The summed E-state index contributed by atoms with van der Waals surface area (Å²) < 4.78 is 21.7. The number of nitrogens with zero attached hydrogens (tertiary/aromatic N) is 1. The van der Waals surface area contributed by atoms with Crippen molar-refractivity contribution in [3.05, 3.63) is 86.8 Å². The van der Waals surface area contributed by atoms with Gasteiger partial charge in [0.05, 0.1) is 22.6 Å². The van der Waals surface area contributed by atoms with Gasteiger partial charge in [-0.05, 0) is 80.5 Å². The van der Waals surface area contributed by atoms with Gasteiger partial charge in [-0.15, -0.1) is 0 Å². The molecule has 40 heavy (non-hydrogen) atoms. The van der Waals surface area contributed by atoms with Crippen LogP contribution < -0.4 is 15.6 Å². The Labute approximate surface area is 233 Å². The minimum absolute atomic E-state index is 0.0459. The zero-order chi connectivity index (χ0) is 28.8. The van der Waals surface area contributed by atoms with Crippen LogP contribution in [-0.4, -0.2) is 24.5 Å². The van der Waals surface area contributed by atoms with E-state index in [0.717, 1.165) is 37.1 Å². The fraction of sp³-hybridized carbons (Fsp3) is 0.333. The number of piperidine rings is 1. The topological polar surface area (TPSA) is 82.8 Å². The fourth-order valence-corrected chi connectivity index (χ4v) is 5.54. The number of nitrogens with one attached hydrogen (secondary N) is 1. The molecule has 0 unspecified atom stereocenters. The summed E-state index contributed by atoms with van der Waals surface area (Å²) in [6.07, 6.45) is 2.58. The van der Waals surface area contributed by atoms with Crippen LogP contribution in [0.2, 0.25) is 0 Å². The summed E-state index contributed by atoms with van der Waals surface area (Å²) in [5, 5.41) is 14.2. The molecule has 7 heteroatoms. The molecule has 1 atom stereocenters. The van der Waals surface area contributed by atoms with Gasteiger partial charge in [0.2, 0.25) is 5.88 Å². The van der Waals surface area contributed by atoms with Crippen molar-refractivity contribution >= 4 is 28.8 Å².